The first-order chi connectivity index (χ1) is 11.2. The van der Waals surface area contributed by atoms with Crippen LogP contribution >= 0.6 is 0 Å². The van der Waals surface area contributed by atoms with Gasteiger partial charge in [-0.1, -0.05) is 0 Å². The van der Waals surface area contributed by atoms with E-state index in [0.717, 1.165) is 42.5 Å². The van der Waals surface area contributed by atoms with Crippen LogP contribution in [0.15, 0.2) is 24.8 Å². The molecule has 0 aliphatic carbocycles. The van der Waals surface area contributed by atoms with Gasteiger partial charge in [-0.2, -0.15) is 0 Å². The van der Waals surface area contributed by atoms with Crippen LogP contribution in [0, 0.1) is 0 Å². The van der Waals surface area contributed by atoms with Crippen LogP contribution in [0.3, 0.4) is 0 Å². The Bertz CT molecular complexity index is 707. The molecule has 0 N–H and O–H groups in total. The van der Waals surface area contributed by atoms with Crippen molar-refractivity contribution >= 4 is 11.8 Å². The van der Waals surface area contributed by atoms with Gasteiger partial charge in [-0.25, -0.2) is 19.9 Å². The molecule has 1 fully saturated rings. The van der Waals surface area contributed by atoms with Gasteiger partial charge in [-0.3, -0.25) is 0 Å². The third-order valence-corrected chi connectivity index (χ3v) is 4.63. The molecule has 2 aromatic rings. The highest BCUT2D eigenvalue weighted by Crippen LogP contribution is 2.40. The first kappa shape index (κ1) is 14.3. The minimum atomic E-state index is -0.0771. The Labute approximate surface area is 135 Å². The molecule has 4 rings (SSSR count). The van der Waals surface area contributed by atoms with Gasteiger partial charge in [0.15, 0.2) is 0 Å². The van der Waals surface area contributed by atoms with E-state index in [-0.39, 0.29) is 5.41 Å². The Balaban J connectivity index is 1.70. The fraction of sp³-hybridized carbons (Fsp3) is 0.500. The predicted molar refractivity (Wildman–Crippen MR) is 86.6 cm³/mol. The Morgan fingerprint density at radius 1 is 1.30 bits per heavy atom. The highest BCUT2D eigenvalue weighted by molar-refractivity contribution is 5.45. The molecule has 7 heteroatoms. The summed E-state index contributed by atoms with van der Waals surface area (Å²) in [5.74, 6) is 1.72. The van der Waals surface area contributed by atoms with Crippen LogP contribution in [0.2, 0.25) is 0 Å². The van der Waals surface area contributed by atoms with Crippen LogP contribution in [-0.2, 0) is 16.8 Å². The smallest absolute Gasteiger partial charge is 0.225 e. The van der Waals surface area contributed by atoms with Gasteiger partial charge in [0, 0.05) is 45.1 Å². The normalized spacial score (nSPS) is 23.1. The molecule has 0 aromatic carbocycles. The molecule has 4 heterocycles. The van der Waals surface area contributed by atoms with Crippen LogP contribution < -0.4 is 9.80 Å². The number of aromatic nitrogens is 4. The number of ether oxygens (including phenoxy) is 1. The van der Waals surface area contributed by atoms with Crippen LogP contribution in [0.4, 0.5) is 11.8 Å². The summed E-state index contributed by atoms with van der Waals surface area (Å²) in [6, 6.07) is 1.95. The molecule has 2 aliphatic heterocycles. The maximum absolute atomic E-state index is 5.87. The molecule has 1 saturated heterocycles. The predicted octanol–water partition coefficient (Wildman–Crippen LogP) is 1.01. The second-order valence-corrected chi connectivity index (χ2v) is 6.45. The van der Waals surface area contributed by atoms with Gasteiger partial charge in [-0.05, 0) is 12.5 Å². The van der Waals surface area contributed by atoms with Crippen molar-refractivity contribution in [2.45, 2.75) is 18.4 Å². The zero-order chi connectivity index (χ0) is 15.9. The summed E-state index contributed by atoms with van der Waals surface area (Å²) in [4.78, 5) is 21.9. The molecule has 1 spiro atoms. The Kier molecular flexibility index (Phi) is 3.37. The Morgan fingerprint density at radius 2 is 2.22 bits per heavy atom. The van der Waals surface area contributed by atoms with E-state index < -0.39 is 0 Å². The number of anilines is 2. The molecule has 2 aliphatic rings. The largest absolute Gasteiger partial charge is 0.376 e. The summed E-state index contributed by atoms with van der Waals surface area (Å²) >= 11 is 0. The van der Waals surface area contributed by atoms with E-state index in [1.807, 2.05) is 31.3 Å². The monoisotopic (exact) mass is 312 g/mol. The van der Waals surface area contributed by atoms with Gasteiger partial charge in [0.05, 0.1) is 24.3 Å². The first-order valence-corrected chi connectivity index (χ1v) is 7.80. The summed E-state index contributed by atoms with van der Waals surface area (Å²) < 4.78 is 5.87. The van der Waals surface area contributed by atoms with Gasteiger partial charge < -0.3 is 14.5 Å². The average molecular weight is 312 g/mol. The summed E-state index contributed by atoms with van der Waals surface area (Å²) in [6.07, 6.45) is 6.29. The zero-order valence-corrected chi connectivity index (χ0v) is 13.4. The Morgan fingerprint density at radius 3 is 3.00 bits per heavy atom. The minimum absolute atomic E-state index is 0.0771. The lowest BCUT2D eigenvalue weighted by atomic mass is 9.80. The number of rotatable bonds is 2. The lowest BCUT2D eigenvalue weighted by Crippen LogP contribution is -2.41. The van der Waals surface area contributed by atoms with Gasteiger partial charge in [0.1, 0.15) is 12.1 Å². The van der Waals surface area contributed by atoms with Gasteiger partial charge >= 0.3 is 0 Å². The lowest BCUT2D eigenvalue weighted by Gasteiger charge is -2.34. The van der Waals surface area contributed by atoms with E-state index in [1.165, 1.54) is 0 Å². The topological polar surface area (TPSA) is 67.3 Å². The summed E-state index contributed by atoms with van der Waals surface area (Å²) in [7, 11) is 3.94. The maximum atomic E-state index is 5.87. The van der Waals surface area contributed by atoms with Crippen molar-refractivity contribution in [3.8, 4) is 0 Å². The highest BCUT2D eigenvalue weighted by atomic mass is 16.5. The van der Waals surface area contributed by atoms with Crippen molar-refractivity contribution in [2.24, 2.45) is 0 Å². The summed E-state index contributed by atoms with van der Waals surface area (Å²) in [5.41, 5.74) is 2.16. The summed E-state index contributed by atoms with van der Waals surface area (Å²) in [6.45, 7) is 3.10. The molecule has 0 bridgehead atoms. The van der Waals surface area contributed by atoms with Crippen molar-refractivity contribution in [2.75, 3.05) is 43.6 Å². The molecule has 1 atom stereocenters. The van der Waals surface area contributed by atoms with Crippen molar-refractivity contribution in [1.29, 1.82) is 0 Å². The lowest BCUT2D eigenvalue weighted by molar-refractivity contribution is 0.0557. The van der Waals surface area contributed by atoms with E-state index in [2.05, 4.69) is 19.9 Å². The van der Waals surface area contributed by atoms with E-state index >= 15 is 0 Å². The third kappa shape index (κ3) is 2.41. The molecular formula is C16H20N6O. The van der Waals surface area contributed by atoms with Crippen molar-refractivity contribution < 1.29 is 4.74 Å². The van der Waals surface area contributed by atoms with Gasteiger partial charge in [0.25, 0.3) is 0 Å². The van der Waals surface area contributed by atoms with Crippen molar-refractivity contribution in [3.05, 3.63) is 36.0 Å². The molecule has 0 radical (unpaired) electrons. The van der Waals surface area contributed by atoms with Crippen LogP contribution in [0.5, 0.6) is 0 Å². The molecule has 2 aromatic heterocycles. The fourth-order valence-corrected chi connectivity index (χ4v) is 3.45. The van der Waals surface area contributed by atoms with Crippen molar-refractivity contribution in [1.82, 2.24) is 19.9 Å². The molecule has 7 nitrogen and oxygen atoms in total. The van der Waals surface area contributed by atoms with Crippen molar-refractivity contribution in [3.63, 3.8) is 0 Å². The quantitative estimate of drug-likeness (QED) is 0.820. The number of fused-ring (bicyclic) bond motifs is 2. The third-order valence-electron chi connectivity index (χ3n) is 4.63. The molecular weight excluding hydrogens is 292 g/mol. The van der Waals surface area contributed by atoms with E-state index in [0.29, 0.717) is 13.2 Å². The maximum Gasteiger partial charge on any atom is 0.225 e. The number of nitrogens with zero attached hydrogens (tertiary/aromatic N) is 6. The summed E-state index contributed by atoms with van der Waals surface area (Å²) in [5, 5.41) is 0. The first-order valence-electron chi connectivity index (χ1n) is 7.80. The molecule has 0 saturated carbocycles. The number of hydrogen-bond donors (Lipinski definition) is 0. The second-order valence-electron chi connectivity index (χ2n) is 6.45. The van der Waals surface area contributed by atoms with Crippen LogP contribution in [-0.4, -0.2) is 53.7 Å². The van der Waals surface area contributed by atoms with E-state index in [4.69, 9.17) is 9.72 Å². The van der Waals surface area contributed by atoms with Gasteiger partial charge in [-0.15, -0.1) is 0 Å². The van der Waals surface area contributed by atoms with Crippen LogP contribution in [0.25, 0.3) is 0 Å². The Hall–Kier alpha value is -2.28. The highest BCUT2D eigenvalue weighted by Gasteiger charge is 2.45. The van der Waals surface area contributed by atoms with E-state index in [1.54, 1.807) is 12.5 Å². The van der Waals surface area contributed by atoms with Crippen LogP contribution in [0.1, 0.15) is 17.7 Å². The van der Waals surface area contributed by atoms with E-state index in [9.17, 15) is 0 Å². The zero-order valence-electron chi connectivity index (χ0n) is 13.4. The fourth-order valence-electron chi connectivity index (χ4n) is 3.45. The average Bonchev–Trinajstić information content (AvgIpc) is 3.00. The number of hydrogen-bond acceptors (Lipinski definition) is 7. The second kappa shape index (κ2) is 5.42. The standard InChI is InChI=1S/C16H20N6O/c1-21(2)15-18-7-12-8-23-10-16(14(12)20-15)4-6-22(9-16)13-3-5-17-11-19-13/h3,5,7,11H,4,6,8-10H2,1-2H3/t16-/m1/s1. The molecule has 23 heavy (non-hydrogen) atoms. The molecule has 0 amide bonds. The van der Waals surface area contributed by atoms with Gasteiger partial charge in [0.2, 0.25) is 5.95 Å². The minimum Gasteiger partial charge on any atom is -0.376 e. The SMILES string of the molecule is CN(C)c1ncc2c(n1)[C@@]1(CCN(c3ccncn3)C1)COC2. The molecule has 120 valence electrons. The molecule has 0 unspecified atom stereocenters.